The lowest BCUT2D eigenvalue weighted by molar-refractivity contribution is -0.149. The van der Waals surface area contributed by atoms with Gasteiger partial charge in [-0.25, -0.2) is 4.79 Å². The molecule has 0 fully saturated rings. The number of allylic oxidation sites excluding steroid dienone is 1. The minimum Gasteiger partial charge on any atom is -0.481 e. The summed E-state index contributed by atoms with van der Waals surface area (Å²) in [4.78, 5) is 27.2. The van der Waals surface area contributed by atoms with Gasteiger partial charge in [0.05, 0.1) is 0 Å². The zero-order valence-electron chi connectivity index (χ0n) is 13.0. The Morgan fingerprint density at radius 2 is 1.91 bits per heavy atom. The molecule has 5 nitrogen and oxygen atoms in total. The van der Waals surface area contributed by atoms with Gasteiger partial charge in [0.1, 0.15) is 6.61 Å². The van der Waals surface area contributed by atoms with Crippen LogP contribution in [0.3, 0.4) is 0 Å². The molecular weight excluding hydrogens is 294 g/mol. The van der Waals surface area contributed by atoms with Crippen LogP contribution >= 0.6 is 0 Å². The number of carboxylic acid groups (broad SMARTS) is 1. The highest BCUT2D eigenvalue weighted by Gasteiger charge is 2.37. The number of aliphatic imine (C=N–C) groups is 1. The summed E-state index contributed by atoms with van der Waals surface area (Å²) < 4.78 is 5.41. The van der Waals surface area contributed by atoms with Gasteiger partial charge in [-0.1, -0.05) is 43.2 Å². The summed E-state index contributed by atoms with van der Waals surface area (Å²) >= 11 is 0. The summed E-state index contributed by atoms with van der Waals surface area (Å²) in [6.07, 6.45) is 7.91. The average molecular weight is 315 g/mol. The SMILES string of the molecule is O=C(O)CCCCCC1(C(=O)OCc2ccccc2)C=CC=N1. The number of carbonyl (C=O) groups excluding carboxylic acids is 1. The maximum atomic E-state index is 12.4. The van der Waals surface area contributed by atoms with E-state index in [1.165, 1.54) is 0 Å². The lowest BCUT2D eigenvalue weighted by Gasteiger charge is -2.22. The monoisotopic (exact) mass is 315 g/mol. The third kappa shape index (κ3) is 5.06. The van der Waals surface area contributed by atoms with Gasteiger partial charge < -0.3 is 9.84 Å². The van der Waals surface area contributed by atoms with Gasteiger partial charge >= 0.3 is 11.9 Å². The number of benzene rings is 1. The number of hydrogen-bond donors (Lipinski definition) is 1. The number of aliphatic carboxylic acids is 1. The number of carbonyl (C=O) groups is 2. The van der Waals surface area contributed by atoms with Crippen molar-refractivity contribution in [1.82, 2.24) is 0 Å². The molecule has 0 saturated heterocycles. The molecule has 1 heterocycles. The van der Waals surface area contributed by atoms with Gasteiger partial charge in [0, 0.05) is 12.6 Å². The van der Waals surface area contributed by atoms with Crippen molar-refractivity contribution in [1.29, 1.82) is 0 Å². The van der Waals surface area contributed by atoms with E-state index in [1.54, 1.807) is 18.4 Å². The molecule has 0 saturated carbocycles. The fourth-order valence-corrected chi connectivity index (χ4v) is 2.49. The van der Waals surface area contributed by atoms with E-state index in [0.717, 1.165) is 18.4 Å². The Labute approximate surface area is 135 Å². The zero-order valence-corrected chi connectivity index (χ0v) is 13.0. The minimum atomic E-state index is -0.946. The Balaban J connectivity index is 1.84. The number of rotatable bonds is 9. The first-order chi connectivity index (χ1) is 11.1. The Kier molecular flexibility index (Phi) is 6.09. The summed E-state index contributed by atoms with van der Waals surface area (Å²) in [6.45, 7) is 0.226. The highest BCUT2D eigenvalue weighted by atomic mass is 16.5. The number of carboxylic acids is 1. The maximum Gasteiger partial charge on any atom is 0.338 e. The Morgan fingerprint density at radius 3 is 2.57 bits per heavy atom. The number of ether oxygens (including phenoxy) is 1. The van der Waals surface area contributed by atoms with Crippen molar-refractivity contribution in [2.75, 3.05) is 0 Å². The Bertz CT molecular complexity index is 580. The molecule has 122 valence electrons. The van der Waals surface area contributed by atoms with Crippen LogP contribution in [0.5, 0.6) is 0 Å². The predicted molar refractivity (Wildman–Crippen MR) is 87.3 cm³/mol. The van der Waals surface area contributed by atoms with Crippen LogP contribution in [-0.2, 0) is 20.9 Å². The maximum absolute atomic E-state index is 12.4. The van der Waals surface area contributed by atoms with Gasteiger partial charge in [0.2, 0.25) is 0 Å². The fourth-order valence-electron chi connectivity index (χ4n) is 2.49. The van der Waals surface area contributed by atoms with E-state index >= 15 is 0 Å². The molecule has 2 rings (SSSR count). The summed E-state index contributed by atoms with van der Waals surface area (Å²) in [6, 6.07) is 9.51. The fraction of sp³-hybridized carbons (Fsp3) is 0.389. The van der Waals surface area contributed by atoms with E-state index in [-0.39, 0.29) is 19.0 Å². The van der Waals surface area contributed by atoms with Crippen LogP contribution < -0.4 is 0 Å². The van der Waals surface area contributed by atoms with Crippen molar-refractivity contribution in [3.05, 3.63) is 48.0 Å². The molecule has 0 radical (unpaired) electrons. The topological polar surface area (TPSA) is 76.0 Å². The normalized spacial score (nSPS) is 19.0. The van der Waals surface area contributed by atoms with Crippen LogP contribution in [0.4, 0.5) is 0 Å². The standard InChI is InChI=1S/C18H21NO4/c20-16(21)10-5-2-6-11-18(12-7-13-19-18)17(22)23-14-15-8-3-1-4-9-15/h1,3-4,7-9,12-13H,2,5-6,10-11,14H2,(H,20,21). The third-order valence-corrected chi connectivity index (χ3v) is 3.78. The first-order valence-electron chi connectivity index (χ1n) is 7.78. The minimum absolute atomic E-state index is 0.157. The van der Waals surface area contributed by atoms with Crippen LogP contribution in [0.25, 0.3) is 0 Å². The lowest BCUT2D eigenvalue weighted by Crippen LogP contribution is -2.35. The van der Waals surface area contributed by atoms with E-state index < -0.39 is 11.5 Å². The first-order valence-corrected chi connectivity index (χ1v) is 7.78. The summed E-state index contributed by atoms with van der Waals surface area (Å²) in [5.74, 6) is -1.15. The molecule has 1 aliphatic heterocycles. The number of nitrogens with zero attached hydrogens (tertiary/aromatic N) is 1. The van der Waals surface area contributed by atoms with Crippen LogP contribution in [0.15, 0.2) is 47.5 Å². The van der Waals surface area contributed by atoms with Crippen molar-refractivity contribution in [2.24, 2.45) is 4.99 Å². The molecule has 1 aliphatic rings. The van der Waals surface area contributed by atoms with Crippen LogP contribution in [0.2, 0.25) is 0 Å². The molecule has 1 N–H and O–H groups in total. The third-order valence-electron chi connectivity index (χ3n) is 3.78. The quantitative estimate of drug-likeness (QED) is 0.561. The molecule has 1 aromatic rings. The van der Waals surface area contributed by atoms with E-state index in [1.807, 2.05) is 30.3 Å². The van der Waals surface area contributed by atoms with Gasteiger partial charge in [-0.3, -0.25) is 9.79 Å². The molecule has 0 bridgehead atoms. The number of esters is 1. The molecule has 0 aromatic heterocycles. The van der Waals surface area contributed by atoms with Crippen LogP contribution in [0.1, 0.15) is 37.7 Å². The zero-order chi connectivity index (χ0) is 16.5. The predicted octanol–water partition coefficient (Wildman–Crippen LogP) is 3.14. The molecule has 0 aliphatic carbocycles. The van der Waals surface area contributed by atoms with Gasteiger partial charge in [-0.15, -0.1) is 0 Å². The van der Waals surface area contributed by atoms with E-state index in [4.69, 9.17) is 9.84 Å². The summed E-state index contributed by atoms with van der Waals surface area (Å²) in [5, 5.41) is 8.63. The van der Waals surface area contributed by atoms with Crippen molar-refractivity contribution >= 4 is 18.2 Å². The van der Waals surface area contributed by atoms with Crippen molar-refractivity contribution in [3.8, 4) is 0 Å². The molecule has 1 atom stereocenters. The molecule has 5 heteroatoms. The molecular formula is C18H21NO4. The van der Waals surface area contributed by atoms with Crippen molar-refractivity contribution < 1.29 is 19.4 Å². The molecule has 23 heavy (non-hydrogen) atoms. The second-order valence-electron chi connectivity index (χ2n) is 5.58. The van der Waals surface area contributed by atoms with Gasteiger partial charge in [-0.2, -0.15) is 0 Å². The number of hydrogen-bond acceptors (Lipinski definition) is 4. The van der Waals surface area contributed by atoms with E-state index in [9.17, 15) is 9.59 Å². The summed E-state index contributed by atoms with van der Waals surface area (Å²) in [7, 11) is 0. The molecule has 0 amide bonds. The molecule has 1 aromatic carbocycles. The van der Waals surface area contributed by atoms with Gasteiger partial charge in [-0.05, 0) is 30.6 Å². The van der Waals surface area contributed by atoms with Crippen molar-refractivity contribution in [2.45, 2.75) is 44.2 Å². The van der Waals surface area contributed by atoms with E-state index in [0.29, 0.717) is 12.8 Å². The second kappa shape index (κ2) is 8.27. The lowest BCUT2D eigenvalue weighted by atomic mass is 9.93. The van der Waals surface area contributed by atoms with Crippen molar-refractivity contribution in [3.63, 3.8) is 0 Å². The summed E-state index contributed by atoms with van der Waals surface area (Å²) in [5.41, 5.74) is -0.0127. The number of unbranched alkanes of at least 4 members (excludes halogenated alkanes) is 2. The first kappa shape index (κ1) is 16.9. The van der Waals surface area contributed by atoms with Crippen LogP contribution in [0, 0.1) is 0 Å². The van der Waals surface area contributed by atoms with Crippen LogP contribution in [-0.4, -0.2) is 28.8 Å². The highest BCUT2D eigenvalue weighted by molar-refractivity contribution is 5.91. The highest BCUT2D eigenvalue weighted by Crippen LogP contribution is 2.27. The van der Waals surface area contributed by atoms with Gasteiger partial charge in [0.25, 0.3) is 0 Å². The van der Waals surface area contributed by atoms with Gasteiger partial charge in [0.15, 0.2) is 5.54 Å². The Hall–Kier alpha value is -2.43. The Morgan fingerprint density at radius 1 is 1.13 bits per heavy atom. The second-order valence-corrected chi connectivity index (χ2v) is 5.58. The van der Waals surface area contributed by atoms with E-state index in [2.05, 4.69) is 4.99 Å². The smallest absolute Gasteiger partial charge is 0.338 e. The molecule has 0 spiro atoms. The molecule has 1 unspecified atom stereocenters. The largest absolute Gasteiger partial charge is 0.481 e. The average Bonchev–Trinajstić information content (AvgIpc) is 3.03.